The first-order valence-electron chi connectivity index (χ1n) is 6.60. The van der Waals surface area contributed by atoms with E-state index in [1.165, 1.54) is 42.6 Å². The molecule has 0 N–H and O–H groups in total. The molecule has 1 heteroatoms. The van der Waals surface area contributed by atoms with Crippen LogP contribution in [-0.4, -0.2) is 25.0 Å². The topological polar surface area (TPSA) is 3.24 Å². The van der Waals surface area contributed by atoms with E-state index in [2.05, 4.69) is 56.1 Å². The molecular weight excluding hydrogens is 206 g/mol. The normalized spacial score (nSPS) is 22.2. The average Bonchev–Trinajstić information content (AvgIpc) is 2.28. The molecule has 0 aromatic heterocycles. The molecule has 1 saturated heterocycles. The molecule has 17 heavy (non-hydrogen) atoms. The zero-order valence-electron chi connectivity index (χ0n) is 11.2. The molecule has 0 bridgehead atoms. The first kappa shape index (κ1) is 12.4. The summed E-state index contributed by atoms with van der Waals surface area (Å²) in [5.41, 5.74) is 4.16. The molecule has 0 amide bonds. The van der Waals surface area contributed by atoms with Gasteiger partial charge in [0, 0.05) is 6.54 Å². The highest BCUT2D eigenvalue weighted by Gasteiger charge is 2.14. The van der Waals surface area contributed by atoms with Crippen molar-refractivity contribution in [3.8, 4) is 0 Å². The molecule has 1 fully saturated rings. The summed E-state index contributed by atoms with van der Waals surface area (Å²) < 4.78 is 0. The SMILES string of the molecule is Cc1cccc(C)c1C=CC1CCCN(C)C1. The van der Waals surface area contributed by atoms with E-state index in [4.69, 9.17) is 0 Å². The second kappa shape index (κ2) is 5.50. The standard InChI is InChI=1S/C16H23N/c1-13-6-4-7-14(2)16(13)10-9-15-8-5-11-17(3)12-15/h4,6-7,9-10,15H,5,8,11-12H2,1-3H3. The second-order valence-electron chi connectivity index (χ2n) is 5.33. The maximum absolute atomic E-state index is 2.43. The fourth-order valence-corrected chi connectivity index (χ4v) is 2.69. The maximum atomic E-state index is 2.43. The summed E-state index contributed by atoms with van der Waals surface area (Å²) in [7, 11) is 2.22. The highest BCUT2D eigenvalue weighted by molar-refractivity contribution is 5.57. The Morgan fingerprint density at radius 3 is 2.59 bits per heavy atom. The quantitative estimate of drug-likeness (QED) is 0.748. The van der Waals surface area contributed by atoms with E-state index in [0.29, 0.717) is 0 Å². The van der Waals surface area contributed by atoms with Gasteiger partial charge in [0.2, 0.25) is 0 Å². The van der Waals surface area contributed by atoms with E-state index >= 15 is 0 Å². The van der Waals surface area contributed by atoms with Gasteiger partial charge in [-0.2, -0.15) is 0 Å². The Morgan fingerprint density at radius 1 is 1.24 bits per heavy atom. The Labute approximate surface area is 105 Å². The number of aryl methyl sites for hydroxylation is 2. The molecular formula is C16H23N. The van der Waals surface area contributed by atoms with Gasteiger partial charge >= 0.3 is 0 Å². The van der Waals surface area contributed by atoms with Crippen LogP contribution in [0.25, 0.3) is 6.08 Å². The van der Waals surface area contributed by atoms with Crippen molar-refractivity contribution in [2.75, 3.05) is 20.1 Å². The van der Waals surface area contributed by atoms with Crippen LogP contribution < -0.4 is 0 Å². The van der Waals surface area contributed by atoms with Crippen molar-refractivity contribution >= 4 is 6.08 Å². The predicted molar refractivity (Wildman–Crippen MR) is 75.2 cm³/mol. The van der Waals surface area contributed by atoms with E-state index in [1.807, 2.05) is 0 Å². The van der Waals surface area contributed by atoms with Gasteiger partial charge in [-0.3, -0.25) is 0 Å². The highest BCUT2D eigenvalue weighted by Crippen LogP contribution is 2.20. The number of hydrogen-bond acceptors (Lipinski definition) is 1. The number of piperidine rings is 1. The van der Waals surface area contributed by atoms with Gasteiger partial charge < -0.3 is 4.90 Å². The monoisotopic (exact) mass is 229 g/mol. The van der Waals surface area contributed by atoms with Crippen molar-refractivity contribution in [2.24, 2.45) is 5.92 Å². The van der Waals surface area contributed by atoms with Crippen LogP contribution in [0.1, 0.15) is 29.5 Å². The van der Waals surface area contributed by atoms with E-state index in [9.17, 15) is 0 Å². The maximum Gasteiger partial charge on any atom is 0.00414 e. The number of hydrogen-bond donors (Lipinski definition) is 0. The molecule has 2 rings (SSSR count). The van der Waals surface area contributed by atoms with Crippen LogP contribution in [0, 0.1) is 19.8 Å². The van der Waals surface area contributed by atoms with Gasteiger partial charge in [0.25, 0.3) is 0 Å². The van der Waals surface area contributed by atoms with Crippen molar-refractivity contribution in [2.45, 2.75) is 26.7 Å². The summed E-state index contributed by atoms with van der Waals surface area (Å²) in [6, 6.07) is 6.52. The molecule has 0 saturated carbocycles. The molecule has 0 radical (unpaired) electrons. The van der Waals surface area contributed by atoms with Crippen molar-refractivity contribution in [1.82, 2.24) is 4.90 Å². The minimum atomic E-state index is 0.729. The van der Waals surface area contributed by atoms with Crippen LogP contribution in [0.5, 0.6) is 0 Å². The van der Waals surface area contributed by atoms with E-state index in [0.717, 1.165) is 5.92 Å². The summed E-state index contributed by atoms with van der Waals surface area (Å²) in [6.45, 7) is 6.86. The average molecular weight is 229 g/mol. The number of likely N-dealkylation sites (tertiary alicyclic amines) is 1. The molecule has 1 aliphatic heterocycles. The van der Waals surface area contributed by atoms with Crippen LogP contribution in [-0.2, 0) is 0 Å². The number of nitrogens with zero attached hydrogens (tertiary/aromatic N) is 1. The summed E-state index contributed by atoms with van der Waals surface area (Å²) >= 11 is 0. The predicted octanol–water partition coefficient (Wildman–Crippen LogP) is 3.66. The molecule has 1 aromatic carbocycles. The summed E-state index contributed by atoms with van der Waals surface area (Å²) in [6.07, 6.45) is 7.41. The molecule has 1 aliphatic rings. The molecule has 1 heterocycles. The van der Waals surface area contributed by atoms with Gasteiger partial charge in [0.1, 0.15) is 0 Å². The van der Waals surface area contributed by atoms with Crippen LogP contribution in [0.3, 0.4) is 0 Å². The second-order valence-corrected chi connectivity index (χ2v) is 5.33. The first-order chi connectivity index (χ1) is 8.16. The van der Waals surface area contributed by atoms with E-state index < -0.39 is 0 Å². The molecule has 1 nitrogen and oxygen atoms in total. The summed E-state index contributed by atoms with van der Waals surface area (Å²) in [5.74, 6) is 0.729. The first-order valence-corrected chi connectivity index (χ1v) is 6.60. The van der Waals surface area contributed by atoms with Gasteiger partial charge in [0.05, 0.1) is 0 Å². The molecule has 0 spiro atoms. The molecule has 92 valence electrons. The lowest BCUT2D eigenvalue weighted by Gasteiger charge is -2.27. The Morgan fingerprint density at radius 2 is 1.94 bits per heavy atom. The third kappa shape index (κ3) is 3.19. The van der Waals surface area contributed by atoms with Gasteiger partial charge in [-0.1, -0.05) is 30.4 Å². The molecule has 0 aliphatic carbocycles. The lowest BCUT2D eigenvalue weighted by Crippen LogP contribution is -2.30. The number of rotatable bonds is 2. The van der Waals surface area contributed by atoms with Crippen molar-refractivity contribution in [3.05, 3.63) is 41.0 Å². The van der Waals surface area contributed by atoms with Crippen molar-refractivity contribution in [3.63, 3.8) is 0 Å². The van der Waals surface area contributed by atoms with Crippen LogP contribution in [0.15, 0.2) is 24.3 Å². The van der Waals surface area contributed by atoms with Gasteiger partial charge in [-0.15, -0.1) is 0 Å². The Hall–Kier alpha value is -1.08. The van der Waals surface area contributed by atoms with Gasteiger partial charge in [0.15, 0.2) is 0 Å². The zero-order valence-corrected chi connectivity index (χ0v) is 11.2. The highest BCUT2D eigenvalue weighted by atomic mass is 15.1. The third-order valence-electron chi connectivity index (χ3n) is 3.74. The molecule has 1 atom stereocenters. The Kier molecular flexibility index (Phi) is 4.01. The Balaban J connectivity index is 2.09. The summed E-state index contributed by atoms with van der Waals surface area (Å²) in [5, 5.41) is 0. The largest absolute Gasteiger partial charge is 0.306 e. The lowest BCUT2D eigenvalue weighted by molar-refractivity contribution is 0.238. The summed E-state index contributed by atoms with van der Waals surface area (Å²) in [4.78, 5) is 2.43. The smallest absolute Gasteiger partial charge is 0.00414 e. The molecule has 1 aromatic rings. The lowest BCUT2D eigenvalue weighted by atomic mass is 9.95. The third-order valence-corrected chi connectivity index (χ3v) is 3.74. The minimum absolute atomic E-state index is 0.729. The van der Waals surface area contributed by atoms with Crippen molar-refractivity contribution < 1.29 is 0 Å². The molecule has 1 unspecified atom stereocenters. The van der Waals surface area contributed by atoms with Crippen LogP contribution >= 0.6 is 0 Å². The Bertz CT molecular complexity index is 386. The van der Waals surface area contributed by atoms with Gasteiger partial charge in [-0.05, 0) is 62.9 Å². The van der Waals surface area contributed by atoms with Crippen LogP contribution in [0.2, 0.25) is 0 Å². The fraction of sp³-hybridized carbons (Fsp3) is 0.500. The fourth-order valence-electron chi connectivity index (χ4n) is 2.69. The minimum Gasteiger partial charge on any atom is -0.306 e. The number of benzene rings is 1. The van der Waals surface area contributed by atoms with E-state index in [-0.39, 0.29) is 0 Å². The van der Waals surface area contributed by atoms with Gasteiger partial charge in [-0.25, -0.2) is 0 Å². The van der Waals surface area contributed by atoms with E-state index in [1.54, 1.807) is 0 Å². The zero-order chi connectivity index (χ0) is 12.3. The van der Waals surface area contributed by atoms with Crippen molar-refractivity contribution in [1.29, 1.82) is 0 Å². The van der Waals surface area contributed by atoms with Crippen LogP contribution in [0.4, 0.5) is 0 Å².